The smallest absolute Gasteiger partial charge is 0.235 e. The number of benzene rings is 1. The summed E-state index contributed by atoms with van der Waals surface area (Å²) in [5.41, 5.74) is -0.111. The average Bonchev–Trinajstić information content (AvgIpc) is 2.27. The SMILES string of the molecule is CC1(OC2COc3ccccc3O2)CNC1. The zero-order valence-corrected chi connectivity index (χ0v) is 9.23. The maximum absolute atomic E-state index is 5.86. The lowest BCUT2D eigenvalue weighted by Crippen LogP contribution is -2.61. The zero-order chi connectivity index (χ0) is 11.0. The first-order chi connectivity index (χ1) is 7.75. The summed E-state index contributed by atoms with van der Waals surface area (Å²) < 4.78 is 17.2. The van der Waals surface area contributed by atoms with E-state index in [0.717, 1.165) is 24.6 Å². The predicted molar refractivity (Wildman–Crippen MR) is 58.7 cm³/mol. The van der Waals surface area contributed by atoms with E-state index in [1.807, 2.05) is 24.3 Å². The lowest BCUT2D eigenvalue weighted by molar-refractivity contribution is -0.200. The second-order valence-corrected chi connectivity index (χ2v) is 4.48. The van der Waals surface area contributed by atoms with Crippen LogP contribution in [0.25, 0.3) is 0 Å². The highest BCUT2D eigenvalue weighted by molar-refractivity contribution is 5.40. The van der Waals surface area contributed by atoms with Gasteiger partial charge in [0.25, 0.3) is 0 Å². The third kappa shape index (κ3) is 1.74. The van der Waals surface area contributed by atoms with Gasteiger partial charge in [-0.25, -0.2) is 0 Å². The maximum atomic E-state index is 5.86. The molecule has 0 saturated carbocycles. The van der Waals surface area contributed by atoms with E-state index in [-0.39, 0.29) is 11.9 Å². The van der Waals surface area contributed by atoms with Gasteiger partial charge in [0.1, 0.15) is 0 Å². The normalized spacial score (nSPS) is 25.9. The third-order valence-corrected chi connectivity index (χ3v) is 2.90. The van der Waals surface area contributed by atoms with Crippen LogP contribution in [0.2, 0.25) is 0 Å². The van der Waals surface area contributed by atoms with Crippen LogP contribution in [0.5, 0.6) is 11.5 Å². The Bertz CT molecular complexity index is 390. The number of para-hydroxylation sites is 2. The molecule has 1 unspecified atom stereocenters. The van der Waals surface area contributed by atoms with Crippen molar-refractivity contribution in [1.82, 2.24) is 5.32 Å². The van der Waals surface area contributed by atoms with E-state index in [1.54, 1.807) is 0 Å². The average molecular weight is 221 g/mol. The molecule has 0 spiro atoms. The lowest BCUT2D eigenvalue weighted by Gasteiger charge is -2.42. The summed E-state index contributed by atoms with van der Waals surface area (Å²) in [7, 11) is 0. The van der Waals surface area contributed by atoms with E-state index in [0.29, 0.717) is 6.61 Å². The summed E-state index contributed by atoms with van der Waals surface area (Å²) in [6, 6.07) is 7.65. The van der Waals surface area contributed by atoms with Gasteiger partial charge in [0.05, 0.1) is 5.60 Å². The molecule has 4 nitrogen and oxygen atoms in total. The summed E-state index contributed by atoms with van der Waals surface area (Å²) in [5, 5.41) is 3.19. The van der Waals surface area contributed by atoms with Crippen molar-refractivity contribution in [1.29, 1.82) is 0 Å². The first-order valence-corrected chi connectivity index (χ1v) is 5.52. The van der Waals surface area contributed by atoms with Gasteiger partial charge >= 0.3 is 0 Å². The zero-order valence-electron chi connectivity index (χ0n) is 9.23. The largest absolute Gasteiger partial charge is 0.483 e. The van der Waals surface area contributed by atoms with Crippen molar-refractivity contribution in [2.75, 3.05) is 19.7 Å². The van der Waals surface area contributed by atoms with Crippen LogP contribution in [0.1, 0.15) is 6.92 Å². The molecular weight excluding hydrogens is 206 g/mol. The number of rotatable bonds is 2. The molecule has 1 atom stereocenters. The first-order valence-electron chi connectivity index (χ1n) is 5.52. The van der Waals surface area contributed by atoms with Crippen molar-refractivity contribution in [2.24, 2.45) is 0 Å². The summed E-state index contributed by atoms with van der Waals surface area (Å²) in [5.74, 6) is 1.55. The van der Waals surface area contributed by atoms with Crippen molar-refractivity contribution in [2.45, 2.75) is 18.8 Å². The standard InChI is InChI=1S/C12H15NO3/c1-12(7-13-8-12)16-11-6-14-9-4-2-3-5-10(9)15-11/h2-5,11,13H,6-8H2,1H3. The van der Waals surface area contributed by atoms with Crippen molar-refractivity contribution >= 4 is 0 Å². The van der Waals surface area contributed by atoms with Crippen LogP contribution in [0, 0.1) is 0 Å². The van der Waals surface area contributed by atoms with Gasteiger partial charge in [-0.05, 0) is 19.1 Å². The Hall–Kier alpha value is -1.26. The molecule has 1 aromatic carbocycles. The highest BCUT2D eigenvalue weighted by atomic mass is 16.7. The van der Waals surface area contributed by atoms with E-state index in [2.05, 4.69) is 12.2 Å². The molecule has 0 radical (unpaired) electrons. The number of hydrogen-bond donors (Lipinski definition) is 1. The summed E-state index contributed by atoms with van der Waals surface area (Å²) in [6.07, 6.45) is -0.304. The number of hydrogen-bond acceptors (Lipinski definition) is 4. The number of fused-ring (bicyclic) bond motifs is 1. The van der Waals surface area contributed by atoms with Crippen LogP contribution in [-0.4, -0.2) is 31.6 Å². The summed E-state index contributed by atoms with van der Waals surface area (Å²) in [6.45, 7) is 4.27. The highest BCUT2D eigenvalue weighted by Crippen LogP contribution is 2.32. The fourth-order valence-electron chi connectivity index (χ4n) is 1.94. The van der Waals surface area contributed by atoms with Gasteiger partial charge in [-0.3, -0.25) is 0 Å². The topological polar surface area (TPSA) is 39.7 Å². The Morgan fingerprint density at radius 1 is 1.31 bits per heavy atom. The molecule has 3 rings (SSSR count). The second-order valence-electron chi connectivity index (χ2n) is 4.48. The minimum atomic E-state index is -0.304. The molecule has 2 aliphatic heterocycles. The van der Waals surface area contributed by atoms with E-state index >= 15 is 0 Å². The van der Waals surface area contributed by atoms with Crippen molar-refractivity contribution in [3.8, 4) is 11.5 Å². The van der Waals surface area contributed by atoms with E-state index in [1.165, 1.54) is 0 Å². The Morgan fingerprint density at radius 2 is 2.06 bits per heavy atom. The van der Waals surface area contributed by atoms with Gasteiger partial charge in [0.2, 0.25) is 6.29 Å². The summed E-state index contributed by atoms with van der Waals surface area (Å²) >= 11 is 0. The van der Waals surface area contributed by atoms with Crippen LogP contribution in [-0.2, 0) is 4.74 Å². The van der Waals surface area contributed by atoms with Crippen LogP contribution in [0.15, 0.2) is 24.3 Å². The number of ether oxygens (including phenoxy) is 3. The second kappa shape index (κ2) is 3.64. The third-order valence-electron chi connectivity index (χ3n) is 2.90. The first kappa shape index (κ1) is 9.93. The van der Waals surface area contributed by atoms with Crippen molar-refractivity contribution < 1.29 is 14.2 Å². The van der Waals surface area contributed by atoms with Crippen molar-refractivity contribution in [3.05, 3.63) is 24.3 Å². The van der Waals surface area contributed by atoms with Crippen LogP contribution < -0.4 is 14.8 Å². The van der Waals surface area contributed by atoms with Gasteiger partial charge < -0.3 is 19.5 Å². The molecule has 0 aliphatic carbocycles. The van der Waals surface area contributed by atoms with Crippen molar-refractivity contribution in [3.63, 3.8) is 0 Å². The Labute approximate surface area is 94.5 Å². The van der Waals surface area contributed by atoms with Gasteiger partial charge in [-0.2, -0.15) is 0 Å². The molecule has 86 valence electrons. The Kier molecular flexibility index (Phi) is 2.26. The fraction of sp³-hybridized carbons (Fsp3) is 0.500. The molecule has 2 aliphatic rings. The lowest BCUT2D eigenvalue weighted by atomic mass is 10.0. The van der Waals surface area contributed by atoms with Gasteiger partial charge in [-0.15, -0.1) is 0 Å². The van der Waals surface area contributed by atoms with Crippen LogP contribution >= 0.6 is 0 Å². The minimum absolute atomic E-state index is 0.111. The molecule has 1 N–H and O–H groups in total. The molecule has 16 heavy (non-hydrogen) atoms. The summed E-state index contributed by atoms with van der Waals surface area (Å²) in [4.78, 5) is 0. The monoisotopic (exact) mass is 221 g/mol. The quantitative estimate of drug-likeness (QED) is 0.813. The molecular formula is C12H15NO3. The molecule has 1 aromatic rings. The van der Waals surface area contributed by atoms with Crippen LogP contribution in [0.4, 0.5) is 0 Å². The molecule has 1 fully saturated rings. The molecule has 4 heteroatoms. The fourth-order valence-corrected chi connectivity index (χ4v) is 1.94. The predicted octanol–water partition coefficient (Wildman–Crippen LogP) is 1.16. The minimum Gasteiger partial charge on any atom is -0.483 e. The Morgan fingerprint density at radius 3 is 2.75 bits per heavy atom. The molecule has 0 amide bonds. The molecule has 2 heterocycles. The van der Waals surface area contributed by atoms with Crippen LogP contribution in [0.3, 0.4) is 0 Å². The molecule has 0 bridgehead atoms. The van der Waals surface area contributed by atoms with E-state index in [9.17, 15) is 0 Å². The Balaban J connectivity index is 1.68. The molecule has 0 aromatic heterocycles. The maximum Gasteiger partial charge on any atom is 0.235 e. The van der Waals surface area contributed by atoms with Gasteiger partial charge in [-0.1, -0.05) is 12.1 Å². The van der Waals surface area contributed by atoms with Gasteiger partial charge in [0.15, 0.2) is 18.1 Å². The highest BCUT2D eigenvalue weighted by Gasteiger charge is 2.37. The van der Waals surface area contributed by atoms with Gasteiger partial charge in [0, 0.05) is 13.1 Å². The van der Waals surface area contributed by atoms with E-state index < -0.39 is 0 Å². The molecule has 1 saturated heterocycles. The van der Waals surface area contributed by atoms with E-state index in [4.69, 9.17) is 14.2 Å². The number of nitrogens with one attached hydrogen (secondary N) is 1.